The smallest absolute Gasteiger partial charge is 0.113 e. The molecule has 3 heteroatoms. The highest BCUT2D eigenvalue weighted by atomic mass is 15.4. The molecule has 5 rings (SSSR count). The van der Waals surface area contributed by atoms with Crippen LogP contribution in [0.4, 0.5) is 0 Å². The van der Waals surface area contributed by atoms with E-state index < -0.39 is 0 Å². The van der Waals surface area contributed by atoms with Gasteiger partial charge in [0.1, 0.15) is 5.69 Å². The minimum Gasteiger partial charge on any atom is -0.247 e. The van der Waals surface area contributed by atoms with Gasteiger partial charge in [0.15, 0.2) is 0 Å². The average molecular weight is 335 g/mol. The van der Waals surface area contributed by atoms with E-state index in [1.54, 1.807) is 0 Å². The van der Waals surface area contributed by atoms with Gasteiger partial charge < -0.3 is 0 Å². The molecular formula is C23H17N3. The van der Waals surface area contributed by atoms with Gasteiger partial charge in [-0.25, -0.2) is 4.68 Å². The quantitative estimate of drug-likeness (QED) is 0.419. The van der Waals surface area contributed by atoms with E-state index in [1.807, 2.05) is 29.1 Å². The molecule has 0 atom stereocenters. The third-order valence-electron chi connectivity index (χ3n) is 4.81. The monoisotopic (exact) mass is 335 g/mol. The van der Waals surface area contributed by atoms with Crippen LogP contribution in [0.1, 0.15) is 5.56 Å². The predicted molar refractivity (Wildman–Crippen MR) is 106 cm³/mol. The van der Waals surface area contributed by atoms with Gasteiger partial charge in [-0.3, -0.25) is 0 Å². The highest BCUT2D eigenvalue weighted by molar-refractivity contribution is 6.02. The van der Waals surface area contributed by atoms with Crippen LogP contribution >= 0.6 is 0 Å². The van der Waals surface area contributed by atoms with Crippen molar-refractivity contribution in [1.82, 2.24) is 15.0 Å². The molecule has 0 aliphatic rings. The van der Waals surface area contributed by atoms with Crippen LogP contribution in [0.5, 0.6) is 0 Å². The highest BCUT2D eigenvalue weighted by Gasteiger charge is 2.10. The second-order valence-corrected chi connectivity index (χ2v) is 6.46. The summed E-state index contributed by atoms with van der Waals surface area (Å²) in [5.74, 6) is 0. The van der Waals surface area contributed by atoms with Crippen LogP contribution in [-0.4, -0.2) is 15.0 Å². The van der Waals surface area contributed by atoms with Gasteiger partial charge in [-0.15, -0.1) is 5.10 Å². The van der Waals surface area contributed by atoms with Crippen molar-refractivity contribution >= 4 is 21.5 Å². The lowest BCUT2D eigenvalue weighted by molar-refractivity contribution is 0.655. The number of nitrogens with zero attached hydrogens (tertiary/aromatic N) is 3. The normalized spacial score (nSPS) is 11.2. The Kier molecular flexibility index (Phi) is 3.49. The van der Waals surface area contributed by atoms with E-state index in [0.29, 0.717) is 6.54 Å². The first-order chi connectivity index (χ1) is 12.9. The van der Waals surface area contributed by atoms with E-state index in [0.717, 1.165) is 11.3 Å². The standard InChI is InChI=1S/C23H17N3/c1-2-8-17(9-3-1)23-16-26(25-24-23)15-22-20-12-6-4-10-18(20)14-19-11-5-7-13-21(19)22/h1-14,16H,15H2. The van der Waals surface area contributed by atoms with Crippen molar-refractivity contribution in [3.8, 4) is 11.3 Å². The van der Waals surface area contributed by atoms with Gasteiger partial charge in [-0.1, -0.05) is 84.1 Å². The second-order valence-electron chi connectivity index (χ2n) is 6.46. The van der Waals surface area contributed by atoms with Crippen molar-refractivity contribution in [2.24, 2.45) is 0 Å². The van der Waals surface area contributed by atoms with Crippen LogP contribution in [-0.2, 0) is 6.54 Å². The summed E-state index contributed by atoms with van der Waals surface area (Å²) in [5.41, 5.74) is 3.26. The molecule has 0 amide bonds. The molecule has 1 heterocycles. The molecule has 0 saturated carbocycles. The van der Waals surface area contributed by atoms with E-state index >= 15 is 0 Å². The maximum atomic E-state index is 4.37. The predicted octanol–water partition coefficient (Wildman–Crippen LogP) is 5.30. The second kappa shape index (κ2) is 6.12. The molecule has 0 saturated heterocycles. The number of benzene rings is 4. The van der Waals surface area contributed by atoms with Gasteiger partial charge in [-0.05, 0) is 33.2 Å². The largest absolute Gasteiger partial charge is 0.247 e. The van der Waals surface area contributed by atoms with E-state index in [9.17, 15) is 0 Å². The van der Waals surface area contributed by atoms with Crippen molar-refractivity contribution in [3.05, 3.63) is 96.7 Å². The highest BCUT2D eigenvalue weighted by Crippen LogP contribution is 2.29. The molecular weight excluding hydrogens is 318 g/mol. The fourth-order valence-corrected chi connectivity index (χ4v) is 3.56. The molecule has 0 aliphatic heterocycles. The first kappa shape index (κ1) is 14.8. The van der Waals surface area contributed by atoms with Crippen molar-refractivity contribution < 1.29 is 0 Å². The molecule has 0 spiro atoms. The summed E-state index contributed by atoms with van der Waals surface area (Å²) < 4.78 is 1.93. The number of fused-ring (bicyclic) bond motifs is 2. The molecule has 3 nitrogen and oxygen atoms in total. The van der Waals surface area contributed by atoms with Gasteiger partial charge >= 0.3 is 0 Å². The molecule has 0 unspecified atom stereocenters. The Morgan fingerprint density at radius 1 is 0.692 bits per heavy atom. The molecule has 0 radical (unpaired) electrons. The maximum Gasteiger partial charge on any atom is 0.113 e. The Bertz CT molecular complexity index is 1150. The van der Waals surface area contributed by atoms with E-state index in [2.05, 4.69) is 77.0 Å². The fraction of sp³-hybridized carbons (Fsp3) is 0.0435. The van der Waals surface area contributed by atoms with Gasteiger partial charge in [0, 0.05) is 5.56 Å². The zero-order chi connectivity index (χ0) is 17.3. The summed E-state index contributed by atoms with van der Waals surface area (Å²) in [6.45, 7) is 0.696. The van der Waals surface area contributed by atoms with Crippen LogP contribution in [0.25, 0.3) is 32.8 Å². The lowest BCUT2D eigenvalue weighted by Gasteiger charge is -2.11. The average Bonchev–Trinajstić information content (AvgIpc) is 3.17. The van der Waals surface area contributed by atoms with Crippen LogP contribution < -0.4 is 0 Å². The third kappa shape index (κ3) is 2.54. The van der Waals surface area contributed by atoms with Gasteiger partial charge in [-0.2, -0.15) is 0 Å². The molecule has 26 heavy (non-hydrogen) atoms. The van der Waals surface area contributed by atoms with Crippen LogP contribution in [0, 0.1) is 0 Å². The minimum absolute atomic E-state index is 0.696. The topological polar surface area (TPSA) is 30.7 Å². The number of hydrogen-bond donors (Lipinski definition) is 0. The SMILES string of the molecule is c1ccc(-c2cn(Cc3c4ccccc4cc4ccccc34)nn2)cc1. The minimum atomic E-state index is 0.696. The van der Waals surface area contributed by atoms with Crippen LogP contribution in [0.3, 0.4) is 0 Å². The summed E-state index contributed by atoms with van der Waals surface area (Å²) in [7, 11) is 0. The van der Waals surface area contributed by atoms with Crippen molar-refractivity contribution in [2.45, 2.75) is 6.54 Å². The van der Waals surface area contributed by atoms with E-state index in [4.69, 9.17) is 0 Å². The zero-order valence-electron chi connectivity index (χ0n) is 14.2. The summed E-state index contributed by atoms with van der Waals surface area (Å²) in [6.07, 6.45) is 2.02. The Labute approximate surface area is 151 Å². The summed E-state index contributed by atoms with van der Waals surface area (Å²) in [4.78, 5) is 0. The summed E-state index contributed by atoms with van der Waals surface area (Å²) in [6, 6.07) is 29.5. The number of aromatic nitrogens is 3. The Balaban J connectivity index is 1.64. The number of hydrogen-bond acceptors (Lipinski definition) is 2. The number of rotatable bonds is 3. The molecule has 0 N–H and O–H groups in total. The van der Waals surface area contributed by atoms with E-state index in [-0.39, 0.29) is 0 Å². The Hall–Kier alpha value is -3.46. The fourth-order valence-electron chi connectivity index (χ4n) is 3.56. The molecule has 0 fully saturated rings. The van der Waals surface area contributed by atoms with Gasteiger partial charge in [0.25, 0.3) is 0 Å². The molecule has 5 aromatic rings. The lowest BCUT2D eigenvalue weighted by atomic mass is 9.97. The summed E-state index contributed by atoms with van der Waals surface area (Å²) >= 11 is 0. The first-order valence-electron chi connectivity index (χ1n) is 8.73. The van der Waals surface area contributed by atoms with Crippen molar-refractivity contribution in [1.29, 1.82) is 0 Å². The molecule has 0 bridgehead atoms. The van der Waals surface area contributed by atoms with E-state index in [1.165, 1.54) is 27.1 Å². The molecule has 1 aromatic heterocycles. The Morgan fingerprint density at radius 3 is 2.00 bits per heavy atom. The Morgan fingerprint density at radius 2 is 1.31 bits per heavy atom. The van der Waals surface area contributed by atoms with Gasteiger partial charge in [0.2, 0.25) is 0 Å². The maximum absolute atomic E-state index is 4.37. The molecule has 0 aliphatic carbocycles. The van der Waals surface area contributed by atoms with Gasteiger partial charge in [0.05, 0.1) is 12.7 Å². The first-order valence-corrected chi connectivity index (χ1v) is 8.73. The van der Waals surface area contributed by atoms with Crippen molar-refractivity contribution in [3.63, 3.8) is 0 Å². The van der Waals surface area contributed by atoms with Crippen LogP contribution in [0.15, 0.2) is 91.1 Å². The lowest BCUT2D eigenvalue weighted by Crippen LogP contribution is -2.02. The zero-order valence-corrected chi connectivity index (χ0v) is 14.2. The summed E-state index contributed by atoms with van der Waals surface area (Å²) in [5, 5.41) is 13.8. The van der Waals surface area contributed by atoms with Crippen molar-refractivity contribution in [2.75, 3.05) is 0 Å². The third-order valence-corrected chi connectivity index (χ3v) is 4.81. The molecule has 4 aromatic carbocycles. The molecule has 124 valence electrons. The van der Waals surface area contributed by atoms with Crippen LogP contribution in [0.2, 0.25) is 0 Å².